The van der Waals surface area contributed by atoms with E-state index in [1.165, 1.54) is 6.20 Å². The first-order valence-corrected chi connectivity index (χ1v) is 8.08. The Kier molecular flexibility index (Phi) is 4.26. The molecule has 0 saturated heterocycles. The molecule has 116 valence electrons. The molecule has 1 fully saturated rings. The van der Waals surface area contributed by atoms with Gasteiger partial charge in [-0.25, -0.2) is 4.98 Å². The Morgan fingerprint density at radius 2 is 2.05 bits per heavy atom. The van der Waals surface area contributed by atoms with Crippen LogP contribution in [0.25, 0.3) is 10.9 Å². The Balaban J connectivity index is 2.02. The lowest BCUT2D eigenvalue weighted by Gasteiger charge is -2.27. The van der Waals surface area contributed by atoms with Crippen LogP contribution in [0.15, 0.2) is 28.9 Å². The lowest BCUT2D eigenvalue weighted by Crippen LogP contribution is -2.33. The Labute approximate surface area is 136 Å². The minimum atomic E-state index is -0.385. The van der Waals surface area contributed by atoms with Crippen LogP contribution >= 0.6 is 15.9 Å². The van der Waals surface area contributed by atoms with Crippen LogP contribution < -0.4 is 11.1 Å². The van der Waals surface area contributed by atoms with Crippen LogP contribution in [0, 0.1) is 10.1 Å². The number of hydrogen-bond donors (Lipinski definition) is 2. The van der Waals surface area contributed by atoms with Crippen LogP contribution in [0.1, 0.15) is 25.7 Å². The van der Waals surface area contributed by atoms with E-state index in [0.717, 1.165) is 41.1 Å². The molecule has 3 rings (SSSR count). The number of nitrogens with one attached hydrogen (secondary N) is 1. The van der Waals surface area contributed by atoms with E-state index in [9.17, 15) is 10.1 Å². The summed E-state index contributed by atoms with van der Waals surface area (Å²) in [7, 11) is 0. The zero-order chi connectivity index (χ0) is 15.7. The zero-order valence-corrected chi connectivity index (χ0v) is 13.5. The topological polar surface area (TPSA) is 94.1 Å². The summed E-state index contributed by atoms with van der Waals surface area (Å²) in [6.07, 6.45) is 5.07. The van der Waals surface area contributed by atoms with Crippen molar-refractivity contribution in [2.24, 2.45) is 5.73 Å². The van der Waals surface area contributed by atoms with Crippen molar-refractivity contribution in [2.75, 3.05) is 5.32 Å². The lowest BCUT2D eigenvalue weighted by molar-refractivity contribution is -0.384. The molecule has 1 heterocycles. The molecule has 6 nitrogen and oxygen atoms in total. The van der Waals surface area contributed by atoms with Crippen LogP contribution in [0.4, 0.5) is 11.4 Å². The van der Waals surface area contributed by atoms with Crippen molar-refractivity contribution in [3.05, 3.63) is 39.0 Å². The Morgan fingerprint density at radius 1 is 1.32 bits per heavy atom. The molecule has 2 aromatic rings. The van der Waals surface area contributed by atoms with Gasteiger partial charge in [0.15, 0.2) is 0 Å². The predicted molar refractivity (Wildman–Crippen MR) is 90.0 cm³/mol. The van der Waals surface area contributed by atoms with Crippen molar-refractivity contribution in [1.29, 1.82) is 0 Å². The molecular weight excluding hydrogens is 348 g/mol. The molecule has 1 saturated carbocycles. The quantitative estimate of drug-likeness (QED) is 0.640. The van der Waals surface area contributed by atoms with Crippen LogP contribution in [0.2, 0.25) is 0 Å². The second-order valence-corrected chi connectivity index (χ2v) is 6.61. The number of rotatable bonds is 3. The molecule has 0 atom stereocenters. The second kappa shape index (κ2) is 6.18. The molecule has 1 aromatic heterocycles. The summed E-state index contributed by atoms with van der Waals surface area (Å²) in [5.74, 6) is 0. The maximum atomic E-state index is 11.3. The second-order valence-electron chi connectivity index (χ2n) is 5.69. The van der Waals surface area contributed by atoms with Crippen molar-refractivity contribution in [3.63, 3.8) is 0 Å². The fourth-order valence-electron chi connectivity index (χ4n) is 2.91. The Morgan fingerprint density at radius 3 is 2.73 bits per heavy atom. The highest BCUT2D eigenvalue weighted by atomic mass is 79.9. The van der Waals surface area contributed by atoms with E-state index in [-0.39, 0.29) is 22.7 Å². The van der Waals surface area contributed by atoms with Gasteiger partial charge in [0.2, 0.25) is 0 Å². The van der Waals surface area contributed by atoms with Gasteiger partial charge in [0.1, 0.15) is 11.9 Å². The van der Waals surface area contributed by atoms with Gasteiger partial charge >= 0.3 is 5.69 Å². The number of fused-ring (bicyclic) bond motifs is 1. The van der Waals surface area contributed by atoms with Gasteiger partial charge in [0, 0.05) is 21.9 Å². The number of nitrogens with zero attached hydrogens (tertiary/aromatic N) is 2. The summed E-state index contributed by atoms with van der Waals surface area (Å²) in [6, 6.07) is 6.06. The first kappa shape index (κ1) is 15.2. The summed E-state index contributed by atoms with van der Waals surface area (Å²) in [5.41, 5.74) is 7.23. The molecule has 1 aromatic carbocycles. The van der Waals surface area contributed by atoms with Gasteiger partial charge in [0.05, 0.1) is 10.4 Å². The van der Waals surface area contributed by atoms with Gasteiger partial charge in [0.25, 0.3) is 0 Å². The largest absolute Gasteiger partial charge is 0.376 e. The number of pyridine rings is 1. The molecular formula is C15H17BrN4O2. The fourth-order valence-corrected chi connectivity index (χ4v) is 3.27. The number of benzene rings is 1. The standard InChI is InChI=1S/C15H17BrN4O2/c16-9-1-6-13-12(7-9)15(14(8-18-13)20(21)22)19-11-4-2-10(17)3-5-11/h1,6-8,10-11H,2-5,17H2,(H,18,19). The molecule has 22 heavy (non-hydrogen) atoms. The number of aromatic nitrogens is 1. The third-order valence-electron chi connectivity index (χ3n) is 4.13. The summed E-state index contributed by atoms with van der Waals surface area (Å²) in [5, 5.41) is 15.5. The van der Waals surface area contributed by atoms with Crippen molar-refractivity contribution in [3.8, 4) is 0 Å². The van der Waals surface area contributed by atoms with Gasteiger partial charge in [-0.2, -0.15) is 0 Å². The number of halogens is 1. The summed E-state index contributed by atoms with van der Waals surface area (Å²) < 4.78 is 0.871. The van der Waals surface area contributed by atoms with E-state index in [2.05, 4.69) is 26.2 Å². The molecule has 0 aliphatic heterocycles. The van der Waals surface area contributed by atoms with Crippen molar-refractivity contribution in [2.45, 2.75) is 37.8 Å². The van der Waals surface area contributed by atoms with Crippen molar-refractivity contribution >= 4 is 38.2 Å². The minimum Gasteiger partial charge on any atom is -0.376 e. The van der Waals surface area contributed by atoms with Crippen molar-refractivity contribution < 1.29 is 4.92 Å². The van der Waals surface area contributed by atoms with Crippen molar-refractivity contribution in [1.82, 2.24) is 4.98 Å². The minimum absolute atomic E-state index is 0.0143. The van der Waals surface area contributed by atoms with E-state index in [1.807, 2.05) is 18.2 Å². The molecule has 0 bridgehead atoms. The maximum Gasteiger partial charge on any atom is 0.311 e. The average Bonchev–Trinajstić information content (AvgIpc) is 2.49. The first-order valence-electron chi connectivity index (χ1n) is 7.29. The molecule has 0 radical (unpaired) electrons. The number of anilines is 1. The summed E-state index contributed by atoms with van der Waals surface area (Å²) >= 11 is 3.42. The highest BCUT2D eigenvalue weighted by molar-refractivity contribution is 9.10. The van der Waals surface area contributed by atoms with Gasteiger partial charge in [-0.15, -0.1) is 0 Å². The van der Waals surface area contributed by atoms with Gasteiger partial charge in [-0.05, 0) is 43.9 Å². The maximum absolute atomic E-state index is 11.3. The normalized spacial score (nSPS) is 21.7. The monoisotopic (exact) mass is 364 g/mol. The third kappa shape index (κ3) is 3.05. The summed E-state index contributed by atoms with van der Waals surface area (Å²) in [6.45, 7) is 0. The average molecular weight is 365 g/mol. The highest BCUT2D eigenvalue weighted by Gasteiger charge is 2.24. The smallest absolute Gasteiger partial charge is 0.311 e. The third-order valence-corrected chi connectivity index (χ3v) is 4.62. The molecule has 0 spiro atoms. The molecule has 0 unspecified atom stereocenters. The van der Waals surface area contributed by atoms with Crippen LogP contribution in [-0.4, -0.2) is 22.0 Å². The van der Waals surface area contributed by atoms with Crippen LogP contribution in [0.3, 0.4) is 0 Å². The van der Waals surface area contributed by atoms with Crippen LogP contribution in [-0.2, 0) is 0 Å². The molecule has 1 aliphatic carbocycles. The van der Waals surface area contributed by atoms with Gasteiger partial charge in [-0.3, -0.25) is 10.1 Å². The van der Waals surface area contributed by atoms with Gasteiger partial charge in [-0.1, -0.05) is 15.9 Å². The van der Waals surface area contributed by atoms with Crippen LogP contribution in [0.5, 0.6) is 0 Å². The van der Waals surface area contributed by atoms with E-state index in [4.69, 9.17) is 5.73 Å². The molecule has 3 N–H and O–H groups in total. The van der Waals surface area contributed by atoms with E-state index >= 15 is 0 Å². The van der Waals surface area contributed by atoms with E-state index in [0.29, 0.717) is 5.69 Å². The number of hydrogen-bond acceptors (Lipinski definition) is 5. The van der Waals surface area contributed by atoms with Gasteiger partial charge < -0.3 is 11.1 Å². The van der Waals surface area contributed by atoms with E-state index < -0.39 is 0 Å². The highest BCUT2D eigenvalue weighted by Crippen LogP contribution is 2.35. The summed E-state index contributed by atoms with van der Waals surface area (Å²) in [4.78, 5) is 15.1. The Hall–Kier alpha value is -1.73. The molecule has 1 aliphatic rings. The SMILES string of the molecule is NC1CCC(Nc2c([N+](=O)[O-])cnc3ccc(Br)cc23)CC1. The zero-order valence-electron chi connectivity index (χ0n) is 12.0. The van der Waals surface area contributed by atoms with E-state index in [1.54, 1.807) is 0 Å². The lowest BCUT2D eigenvalue weighted by atomic mass is 9.91. The Bertz CT molecular complexity index is 714. The number of nitrogens with two attached hydrogens (primary N) is 1. The number of nitro groups is 1. The fraction of sp³-hybridized carbons (Fsp3) is 0.400. The molecule has 7 heteroatoms. The molecule has 0 amide bonds. The predicted octanol–water partition coefficient (Wildman–Crippen LogP) is 3.59. The first-order chi connectivity index (χ1) is 10.5.